The molecular formula is C22H29NO4S2. The number of carbonyl (C=O) groups excluding carboxylic acids is 1. The van der Waals surface area contributed by atoms with Gasteiger partial charge in [0.2, 0.25) is 15.9 Å². The predicted octanol–water partition coefficient (Wildman–Crippen LogP) is 3.30. The normalized spacial score (nSPS) is 39.0. The highest BCUT2D eigenvalue weighted by Gasteiger charge is 2.72. The van der Waals surface area contributed by atoms with E-state index in [2.05, 4.69) is 13.8 Å². The number of amides is 1. The minimum Gasteiger partial charge on any atom is -0.372 e. The van der Waals surface area contributed by atoms with E-state index in [0.717, 1.165) is 30.6 Å². The maximum absolute atomic E-state index is 13.6. The molecule has 2 heterocycles. The summed E-state index contributed by atoms with van der Waals surface area (Å²) in [7, 11) is -3.57. The van der Waals surface area contributed by atoms with E-state index in [-0.39, 0.29) is 40.6 Å². The summed E-state index contributed by atoms with van der Waals surface area (Å²) in [5.41, 5.74) is 0.782. The zero-order valence-electron chi connectivity index (χ0n) is 17.0. The lowest BCUT2D eigenvalue weighted by Gasteiger charge is -2.37. The highest BCUT2D eigenvalue weighted by molar-refractivity contribution is 7.99. The van der Waals surface area contributed by atoms with Gasteiger partial charge >= 0.3 is 0 Å². The fourth-order valence-electron chi connectivity index (χ4n) is 6.45. The Hall–Kier alpha value is -1.05. The van der Waals surface area contributed by atoms with Gasteiger partial charge in [0, 0.05) is 16.9 Å². The average Bonchev–Trinajstić information content (AvgIpc) is 3.36. The molecule has 5 rings (SSSR count). The van der Waals surface area contributed by atoms with Gasteiger partial charge in [-0.25, -0.2) is 12.7 Å². The Bertz CT molecular complexity index is 916. The first kappa shape index (κ1) is 19.9. The van der Waals surface area contributed by atoms with Crippen molar-refractivity contribution in [1.29, 1.82) is 0 Å². The van der Waals surface area contributed by atoms with Gasteiger partial charge in [-0.1, -0.05) is 44.2 Å². The van der Waals surface area contributed by atoms with Gasteiger partial charge in [0.05, 0.1) is 30.4 Å². The van der Waals surface area contributed by atoms with Crippen LogP contribution >= 0.6 is 11.8 Å². The summed E-state index contributed by atoms with van der Waals surface area (Å²) in [6, 6.07) is 9.76. The summed E-state index contributed by atoms with van der Waals surface area (Å²) in [6.07, 6.45) is 2.61. The van der Waals surface area contributed by atoms with E-state index < -0.39 is 10.0 Å². The molecule has 2 bridgehead atoms. The molecule has 1 amide bonds. The van der Waals surface area contributed by atoms with Crippen LogP contribution in [0.15, 0.2) is 30.3 Å². The third-order valence-corrected chi connectivity index (χ3v) is 11.4. The largest absolute Gasteiger partial charge is 0.372 e. The molecule has 1 aromatic carbocycles. The van der Waals surface area contributed by atoms with Crippen LogP contribution in [-0.4, -0.2) is 48.0 Å². The second kappa shape index (κ2) is 6.72. The van der Waals surface area contributed by atoms with Crippen molar-refractivity contribution < 1.29 is 17.9 Å². The molecule has 29 heavy (non-hydrogen) atoms. The Morgan fingerprint density at radius 1 is 1.24 bits per heavy atom. The summed E-state index contributed by atoms with van der Waals surface area (Å²) >= 11 is 1.68. The van der Waals surface area contributed by atoms with Crippen LogP contribution in [0, 0.1) is 22.7 Å². The molecule has 4 fully saturated rings. The molecule has 7 heteroatoms. The van der Waals surface area contributed by atoms with Crippen LogP contribution in [-0.2, 0) is 26.2 Å². The van der Waals surface area contributed by atoms with Crippen molar-refractivity contribution in [3.8, 4) is 0 Å². The van der Waals surface area contributed by atoms with Crippen LogP contribution in [0.1, 0.15) is 38.7 Å². The lowest BCUT2D eigenvalue weighted by atomic mass is 9.69. The lowest BCUT2D eigenvalue weighted by Crippen LogP contribution is -2.48. The van der Waals surface area contributed by atoms with E-state index in [1.54, 1.807) is 11.8 Å². The SMILES string of the molecule is CC1(C)[C@@H]2CC[C@]13CS(=O)(=O)N(C(=O)[C@@H]1CSC[C@H]1OCc1ccccc1)[C@@H]3C2. The number of ether oxygens (including phenoxy) is 1. The number of fused-ring (bicyclic) bond motifs is 1. The molecule has 0 unspecified atom stereocenters. The quantitative estimate of drug-likeness (QED) is 0.726. The Labute approximate surface area is 177 Å². The van der Waals surface area contributed by atoms with E-state index in [1.807, 2.05) is 30.3 Å². The molecule has 0 N–H and O–H groups in total. The van der Waals surface area contributed by atoms with E-state index in [4.69, 9.17) is 4.74 Å². The van der Waals surface area contributed by atoms with E-state index >= 15 is 0 Å². The van der Waals surface area contributed by atoms with E-state index in [9.17, 15) is 13.2 Å². The van der Waals surface area contributed by atoms with Gasteiger partial charge in [-0.3, -0.25) is 4.79 Å². The number of carbonyl (C=O) groups is 1. The Morgan fingerprint density at radius 3 is 2.72 bits per heavy atom. The molecule has 2 aliphatic carbocycles. The summed E-state index contributed by atoms with van der Waals surface area (Å²) in [6.45, 7) is 4.88. The van der Waals surface area contributed by atoms with Crippen molar-refractivity contribution in [2.75, 3.05) is 17.3 Å². The molecule has 158 valence electrons. The number of nitrogens with zero attached hydrogens (tertiary/aromatic N) is 1. The van der Waals surface area contributed by atoms with Gasteiger partial charge < -0.3 is 4.74 Å². The van der Waals surface area contributed by atoms with Crippen LogP contribution in [0.3, 0.4) is 0 Å². The Morgan fingerprint density at radius 2 is 2.00 bits per heavy atom. The van der Waals surface area contributed by atoms with Gasteiger partial charge in [-0.15, -0.1) is 0 Å². The molecule has 1 aromatic rings. The van der Waals surface area contributed by atoms with E-state index in [0.29, 0.717) is 18.3 Å². The molecular weight excluding hydrogens is 406 g/mol. The van der Waals surface area contributed by atoms with Crippen molar-refractivity contribution in [2.45, 2.75) is 51.9 Å². The third-order valence-electron chi connectivity index (χ3n) is 8.28. The smallest absolute Gasteiger partial charge is 0.242 e. The van der Waals surface area contributed by atoms with Crippen LogP contribution in [0.5, 0.6) is 0 Å². The zero-order valence-corrected chi connectivity index (χ0v) is 18.7. The topological polar surface area (TPSA) is 63.7 Å². The minimum atomic E-state index is -3.57. The first-order valence-electron chi connectivity index (χ1n) is 10.6. The molecule has 2 saturated heterocycles. The van der Waals surface area contributed by atoms with Gasteiger partial charge in [0.15, 0.2) is 0 Å². The molecule has 2 aliphatic heterocycles. The first-order chi connectivity index (χ1) is 13.8. The van der Waals surface area contributed by atoms with Crippen LogP contribution in [0.25, 0.3) is 0 Å². The maximum Gasteiger partial charge on any atom is 0.242 e. The van der Waals surface area contributed by atoms with Gasteiger partial charge in [-0.2, -0.15) is 11.8 Å². The predicted molar refractivity (Wildman–Crippen MR) is 114 cm³/mol. The Balaban J connectivity index is 1.37. The summed E-state index contributed by atoms with van der Waals surface area (Å²) < 4.78 is 33.8. The molecule has 5 atom stereocenters. The van der Waals surface area contributed by atoms with Crippen LogP contribution in [0.4, 0.5) is 0 Å². The standard InChI is InChI=1S/C22H29NO4S2/c1-21(2)16-8-9-22(21)14-29(25,26)23(19(22)10-16)20(24)17-12-28-13-18(17)27-11-15-6-4-3-5-7-15/h3-7,16-19H,8-14H2,1-2H3/t16-,17-,18-,19-,22-/m1/s1. The van der Waals surface area contributed by atoms with E-state index in [1.165, 1.54) is 4.31 Å². The third kappa shape index (κ3) is 2.83. The van der Waals surface area contributed by atoms with Gasteiger partial charge in [-0.05, 0) is 36.2 Å². The monoisotopic (exact) mass is 435 g/mol. The average molecular weight is 436 g/mol. The minimum absolute atomic E-state index is 0.0204. The number of sulfonamides is 1. The molecule has 4 aliphatic rings. The summed E-state index contributed by atoms with van der Waals surface area (Å²) in [5, 5.41) is 0. The number of hydrogen-bond acceptors (Lipinski definition) is 5. The molecule has 5 nitrogen and oxygen atoms in total. The van der Waals surface area contributed by atoms with Crippen molar-refractivity contribution in [2.24, 2.45) is 22.7 Å². The van der Waals surface area contributed by atoms with Gasteiger partial charge in [0.1, 0.15) is 0 Å². The first-order valence-corrected chi connectivity index (χ1v) is 13.3. The van der Waals surface area contributed by atoms with Crippen molar-refractivity contribution in [3.05, 3.63) is 35.9 Å². The maximum atomic E-state index is 13.6. The number of hydrogen-bond donors (Lipinski definition) is 0. The highest BCUT2D eigenvalue weighted by Crippen LogP contribution is 2.70. The van der Waals surface area contributed by atoms with Gasteiger partial charge in [0.25, 0.3) is 0 Å². The Kier molecular flexibility index (Phi) is 4.61. The molecule has 0 aromatic heterocycles. The zero-order chi connectivity index (χ0) is 20.4. The van der Waals surface area contributed by atoms with Crippen molar-refractivity contribution in [3.63, 3.8) is 0 Å². The second-order valence-corrected chi connectivity index (χ2v) is 12.7. The fraction of sp³-hybridized carbons (Fsp3) is 0.682. The van der Waals surface area contributed by atoms with Crippen LogP contribution in [0.2, 0.25) is 0 Å². The number of benzene rings is 1. The fourth-order valence-corrected chi connectivity index (χ4v) is 10.3. The second-order valence-electron chi connectivity index (χ2n) is 9.73. The lowest BCUT2D eigenvalue weighted by molar-refractivity contribution is -0.136. The number of rotatable bonds is 4. The van der Waals surface area contributed by atoms with Crippen molar-refractivity contribution in [1.82, 2.24) is 4.31 Å². The molecule has 1 spiro atoms. The van der Waals surface area contributed by atoms with Crippen molar-refractivity contribution >= 4 is 27.7 Å². The molecule has 2 saturated carbocycles. The number of thioether (sulfide) groups is 1. The molecule has 0 radical (unpaired) electrons. The van der Waals surface area contributed by atoms with Crippen LogP contribution < -0.4 is 0 Å². The summed E-state index contributed by atoms with van der Waals surface area (Å²) in [5.74, 6) is 1.42. The summed E-state index contributed by atoms with van der Waals surface area (Å²) in [4.78, 5) is 13.6. The highest BCUT2D eigenvalue weighted by atomic mass is 32.2.